The van der Waals surface area contributed by atoms with Gasteiger partial charge in [-0.3, -0.25) is 9.35 Å². The summed E-state index contributed by atoms with van der Waals surface area (Å²) in [4.78, 5) is 12.1. The molecule has 0 fully saturated rings. The van der Waals surface area contributed by atoms with Crippen LogP contribution in [0.4, 0.5) is 0 Å². The van der Waals surface area contributed by atoms with E-state index < -0.39 is 10.1 Å². The predicted octanol–water partition coefficient (Wildman–Crippen LogP) is 2.49. The zero-order valence-electron chi connectivity index (χ0n) is 16.8. The van der Waals surface area contributed by atoms with E-state index in [2.05, 4.69) is 5.32 Å². The maximum atomic E-state index is 12.1. The smallest absolute Gasteiger partial charge is 0.265 e. The quantitative estimate of drug-likeness (QED) is 0.361. The molecule has 2 rings (SSSR count). The van der Waals surface area contributed by atoms with Gasteiger partial charge in [-0.05, 0) is 42.9 Å². The van der Waals surface area contributed by atoms with Gasteiger partial charge in [0.25, 0.3) is 10.1 Å². The predicted molar refractivity (Wildman–Crippen MR) is 116 cm³/mol. The summed E-state index contributed by atoms with van der Waals surface area (Å²) < 4.78 is 32.8. The van der Waals surface area contributed by atoms with Gasteiger partial charge in [0.05, 0.1) is 12.3 Å². The Bertz CT molecular complexity index is 885. The average Bonchev–Trinajstić information content (AvgIpc) is 2.70. The molecule has 2 aromatic rings. The monoisotopic (exact) mass is 418 g/mol. The Balaban J connectivity index is 2.22. The fourth-order valence-electron chi connectivity index (χ4n) is 3.70. The Hall–Kier alpha value is -2.06. The van der Waals surface area contributed by atoms with Crippen molar-refractivity contribution in [3.05, 3.63) is 71.3 Å². The van der Waals surface area contributed by atoms with Crippen LogP contribution >= 0.6 is 0 Å². The van der Waals surface area contributed by atoms with E-state index in [1.54, 1.807) is 6.07 Å². The first-order valence-corrected chi connectivity index (χ1v) is 11.5. The minimum Gasteiger partial charge on any atom is -0.324 e. The van der Waals surface area contributed by atoms with Crippen LogP contribution in [0, 0.1) is 5.92 Å². The molecule has 2 unspecified atom stereocenters. The molecule has 29 heavy (non-hydrogen) atoms. The molecule has 0 aliphatic carbocycles. The summed E-state index contributed by atoms with van der Waals surface area (Å²) >= 11 is 0. The lowest BCUT2D eigenvalue weighted by Gasteiger charge is -2.28. The minimum atomic E-state index is -4.13. The van der Waals surface area contributed by atoms with Crippen LogP contribution in [0.15, 0.2) is 54.6 Å². The van der Waals surface area contributed by atoms with Crippen LogP contribution in [0.2, 0.25) is 0 Å². The molecule has 0 saturated carbocycles. The Morgan fingerprint density at radius 3 is 2.38 bits per heavy atom. The van der Waals surface area contributed by atoms with Gasteiger partial charge in [-0.15, -0.1) is 0 Å². The zero-order chi connectivity index (χ0) is 21.3. The Morgan fingerprint density at radius 2 is 1.76 bits per heavy atom. The van der Waals surface area contributed by atoms with Gasteiger partial charge in [-0.2, -0.15) is 8.42 Å². The van der Waals surface area contributed by atoms with E-state index in [0.29, 0.717) is 31.4 Å². The van der Waals surface area contributed by atoms with E-state index in [1.165, 1.54) is 0 Å². The summed E-state index contributed by atoms with van der Waals surface area (Å²) in [5.41, 5.74) is 8.05. The standard InChI is InChI=1S/C22H30N2O4S/c1-2-24-21(13-12-18-10-6-7-11-20(18)22(25)15-23)19(16-29(26,27)28)14-17-8-4-3-5-9-17/h3-11,19,21,24H,2,12-16,23H2,1H3,(H,26,27,28). The Morgan fingerprint density at radius 1 is 1.10 bits per heavy atom. The Labute approximate surface area is 173 Å². The van der Waals surface area contributed by atoms with Crippen LogP contribution in [0.5, 0.6) is 0 Å². The van der Waals surface area contributed by atoms with E-state index >= 15 is 0 Å². The maximum absolute atomic E-state index is 12.1. The number of benzene rings is 2. The lowest BCUT2D eigenvalue weighted by atomic mass is 9.88. The molecule has 6 nitrogen and oxygen atoms in total. The van der Waals surface area contributed by atoms with Crippen LogP contribution in [-0.4, -0.2) is 43.6 Å². The highest BCUT2D eigenvalue weighted by Crippen LogP contribution is 2.20. The van der Waals surface area contributed by atoms with Crippen molar-refractivity contribution in [3.63, 3.8) is 0 Å². The molecular weight excluding hydrogens is 388 g/mol. The van der Waals surface area contributed by atoms with E-state index in [0.717, 1.165) is 11.1 Å². The maximum Gasteiger partial charge on any atom is 0.265 e. The molecular formula is C22H30N2O4S. The Kier molecular flexibility index (Phi) is 8.98. The number of hydrogen-bond acceptors (Lipinski definition) is 5. The average molecular weight is 419 g/mol. The molecule has 0 heterocycles. The summed E-state index contributed by atoms with van der Waals surface area (Å²) in [6, 6.07) is 16.9. The van der Waals surface area contributed by atoms with Gasteiger partial charge < -0.3 is 11.1 Å². The third-order valence-corrected chi connectivity index (χ3v) is 5.88. The van der Waals surface area contributed by atoms with Crippen molar-refractivity contribution in [2.75, 3.05) is 18.8 Å². The molecule has 4 N–H and O–H groups in total. The molecule has 0 spiro atoms. The highest BCUT2D eigenvalue weighted by molar-refractivity contribution is 7.85. The second-order valence-corrected chi connectivity index (χ2v) is 8.68. The molecule has 0 saturated heterocycles. The largest absolute Gasteiger partial charge is 0.324 e. The van der Waals surface area contributed by atoms with Crippen molar-refractivity contribution in [3.8, 4) is 0 Å². The van der Waals surface area contributed by atoms with Crippen LogP contribution in [-0.2, 0) is 23.0 Å². The van der Waals surface area contributed by atoms with Gasteiger partial charge in [0.1, 0.15) is 0 Å². The van der Waals surface area contributed by atoms with Crippen molar-refractivity contribution in [2.45, 2.75) is 32.2 Å². The summed E-state index contributed by atoms with van der Waals surface area (Å²) in [5.74, 6) is -0.729. The molecule has 7 heteroatoms. The summed E-state index contributed by atoms with van der Waals surface area (Å²) in [6.45, 7) is 2.59. The summed E-state index contributed by atoms with van der Waals surface area (Å²) in [6.07, 6.45) is 1.77. The number of hydrogen-bond donors (Lipinski definition) is 3. The molecule has 0 radical (unpaired) electrons. The third-order valence-electron chi connectivity index (χ3n) is 5.03. The second kappa shape index (κ2) is 11.2. The second-order valence-electron chi connectivity index (χ2n) is 7.19. The van der Waals surface area contributed by atoms with Crippen LogP contribution < -0.4 is 11.1 Å². The van der Waals surface area contributed by atoms with Crippen LogP contribution in [0.1, 0.15) is 34.8 Å². The number of Topliss-reactive ketones (excluding diaryl/α,β-unsaturated/α-hetero) is 1. The SMILES string of the molecule is CCNC(CCc1ccccc1C(=O)CN)C(Cc1ccccc1)CS(=O)(=O)O. The topological polar surface area (TPSA) is 109 Å². The fourth-order valence-corrected chi connectivity index (χ4v) is 4.59. The molecule has 158 valence electrons. The number of aryl methyl sites for hydroxylation is 1. The highest BCUT2D eigenvalue weighted by atomic mass is 32.2. The van der Waals surface area contributed by atoms with Gasteiger partial charge in [0.15, 0.2) is 5.78 Å². The van der Waals surface area contributed by atoms with Crippen molar-refractivity contribution in [2.24, 2.45) is 11.7 Å². The lowest BCUT2D eigenvalue weighted by Crippen LogP contribution is -2.41. The van der Waals surface area contributed by atoms with E-state index in [-0.39, 0.29) is 30.0 Å². The normalized spacial score (nSPS) is 13.8. The first kappa shape index (κ1) is 23.2. The first-order chi connectivity index (χ1) is 13.8. The number of rotatable bonds is 12. The van der Waals surface area contributed by atoms with Crippen LogP contribution in [0.25, 0.3) is 0 Å². The summed E-state index contributed by atoms with van der Waals surface area (Å²) in [7, 11) is -4.13. The lowest BCUT2D eigenvalue weighted by molar-refractivity contribution is 0.100. The number of carbonyl (C=O) groups is 1. The van der Waals surface area contributed by atoms with Gasteiger partial charge in [0, 0.05) is 11.6 Å². The van der Waals surface area contributed by atoms with Crippen molar-refractivity contribution < 1.29 is 17.8 Å². The van der Waals surface area contributed by atoms with Crippen molar-refractivity contribution in [1.29, 1.82) is 0 Å². The van der Waals surface area contributed by atoms with Crippen molar-refractivity contribution >= 4 is 15.9 Å². The van der Waals surface area contributed by atoms with E-state index in [9.17, 15) is 17.8 Å². The number of nitrogens with one attached hydrogen (secondary N) is 1. The third kappa shape index (κ3) is 7.70. The molecule has 0 aliphatic heterocycles. The molecule has 0 aromatic heterocycles. The molecule has 0 bridgehead atoms. The molecule has 0 aliphatic rings. The van der Waals surface area contributed by atoms with Gasteiger partial charge in [-0.25, -0.2) is 0 Å². The fraction of sp³-hybridized carbons (Fsp3) is 0.409. The molecule has 2 atom stereocenters. The molecule has 0 amide bonds. The number of nitrogens with two attached hydrogens (primary N) is 1. The highest BCUT2D eigenvalue weighted by Gasteiger charge is 2.26. The first-order valence-electron chi connectivity index (χ1n) is 9.87. The zero-order valence-corrected chi connectivity index (χ0v) is 17.6. The van der Waals surface area contributed by atoms with E-state index in [4.69, 9.17) is 5.73 Å². The number of ketones is 1. The summed E-state index contributed by atoms with van der Waals surface area (Å²) in [5, 5.41) is 3.37. The molecule has 2 aromatic carbocycles. The van der Waals surface area contributed by atoms with E-state index in [1.807, 2.05) is 55.5 Å². The van der Waals surface area contributed by atoms with Gasteiger partial charge in [-0.1, -0.05) is 61.5 Å². The van der Waals surface area contributed by atoms with Crippen molar-refractivity contribution in [1.82, 2.24) is 5.32 Å². The number of carbonyl (C=O) groups excluding carboxylic acids is 1. The van der Waals surface area contributed by atoms with Gasteiger partial charge in [0.2, 0.25) is 0 Å². The van der Waals surface area contributed by atoms with Gasteiger partial charge >= 0.3 is 0 Å². The van der Waals surface area contributed by atoms with Crippen LogP contribution in [0.3, 0.4) is 0 Å². The minimum absolute atomic E-state index is 0.0486.